The third-order valence-corrected chi connectivity index (χ3v) is 2.56. The Morgan fingerprint density at radius 3 is 2.32 bits per heavy atom. The van der Waals surface area contributed by atoms with Gasteiger partial charge in [0.25, 0.3) is 0 Å². The van der Waals surface area contributed by atoms with Crippen LogP contribution in [-0.4, -0.2) is 12.2 Å². The summed E-state index contributed by atoms with van der Waals surface area (Å²) in [5, 5.41) is 9.25. The molecule has 2 rings (SSSR count). The maximum Gasteiger partial charge on any atom is 0.160 e. The molecule has 0 aliphatic carbocycles. The van der Waals surface area contributed by atoms with Gasteiger partial charge in [-0.25, -0.2) is 0 Å². The van der Waals surface area contributed by atoms with Crippen LogP contribution in [0.25, 0.3) is 0 Å². The van der Waals surface area contributed by atoms with Crippen LogP contribution in [0.1, 0.15) is 11.1 Å². The van der Waals surface area contributed by atoms with Crippen LogP contribution in [0.4, 0.5) is 0 Å². The Balaban J connectivity index is 0.000000218. The zero-order valence-electron chi connectivity index (χ0n) is 11.5. The number of aromatic hydroxyl groups is 1. The first-order valence-corrected chi connectivity index (χ1v) is 6.15. The van der Waals surface area contributed by atoms with Crippen LogP contribution in [0.5, 0.6) is 11.5 Å². The smallest absolute Gasteiger partial charge is 0.160 e. The number of allylic oxidation sites excluding steroid dienone is 1. The molecule has 2 heteroatoms. The van der Waals surface area contributed by atoms with E-state index >= 15 is 0 Å². The SMILES string of the molecule is C=CCc1ccc(O)c(OC)c1.Cc1ccccc1. The minimum Gasteiger partial charge on any atom is -0.504 e. The van der Waals surface area contributed by atoms with Crippen molar-refractivity contribution in [3.8, 4) is 11.5 Å². The van der Waals surface area contributed by atoms with E-state index in [-0.39, 0.29) is 5.75 Å². The third kappa shape index (κ3) is 5.30. The van der Waals surface area contributed by atoms with Crippen molar-refractivity contribution in [2.24, 2.45) is 0 Å². The standard InChI is InChI=1S/C10H12O2.C7H8/c1-3-4-8-5-6-9(11)10(7-8)12-2;1-7-5-3-2-4-6-7/h3,5-7,11H,1,4H2,2H3;2-6H,1H3. The molecule has 1 N–H and O–H groups in total. The summed E-state index contributed by atoms with van der Waals surface area (Å²) in [4.78, 5) is 0. The molecule has 0 radical (unpaired) electrons. The van der Waals surface area contributed by atoms with Gasteiger partial charge < -0.3 is 9.84 Å². The lowest BCUT2D eigenvalue weighted by Crippen LogP contribution is -1.86. The monoisotopic (exact) mass is 256 g/mol. The highest BCUT2D eigenvalue weighted by Gasteiger charge is 2.00. The predicted molar refractivity (Wildman–Crippen MR) is 79.7 cm³/mol. The second kappa shape index (κ2) is 7.98. The fraction of sp³-hybridized carbons (Fsp3) is 0.176. The van der Waals surface area contributed by atoms with Gasteiger partial charge in [-0.3, -0.25) is 0 Å². The molecule has 0 bridgehead atoms. The molecule has 2 aromatic rings. The molecule has 0 spiro atoms. The number of aryl methyl sites for hydroxylation is 1. The molecule has 0 amide bonds. The van der Waals surface area contributed by atoms with Gasteiger partial charge in [0.15, 0.2) is 11.5 Å². The van der Waals surface area contributed by atoms with Crippen LogP contribution >= 0.6 is 0 Å². The Kier molecular flexibility index (Phi) is 6.23. The number of phenolic OH excluding ortho intramolecular Hbond substituents is 1. The number of ether oxygens (including phenoxy) is 1. The van der Waals surface area contributed by atoms with Gasteiger partial charge in [-0.15, -0.1) is 6.58 Å². The van der Waals surface area contributed by atoms with Crippen LogP contribution in [0.3, 0.4) is 0 Å². The molecule has 0 atom stereocenters. The van der Waals surface area contributed by atoms with Crippen molar-refractivity contribution in [3.05, 3.63) is 72.3 Å². The van der Waals surface area contributed by atoms with Crippen LogP contribution < -0.4 is 4.74 Å². The molecule has 2 aromatic carbocycles. The Bertz CT molecular complexity index is 504. The van der Waals surface area contributed by atoms with Crippen molar-refractivity contribution >= 4 is 0 Å². The van der Waals surface area contributed by atoms with Crippen molar-refractivity contribution in [2.45, 2.75) is 13.3 Å². The van der Waals surface area contributed by atoms with Gasteiger partial charge in [-0.2, -0.15) is 0 Å². The summed E-state index contributed by atoms with van der Waals surface area (Å²) in [7, 11) is 1.53. The summed E-state index contributed by atoms with van der Waals surface area (Å²) in [6.07, 6.45) is 2.60. The average Bonchev–Trinajstić information content (AvgIpc) is 2.43. The topological polar surface area (TPSA) is 29.5 Å². The number of rotatable bonds is 3. The van der Waals surface area contributed by atoms with E-state index in [4.69, 9.17) is 4.74 Å². The summed E-state index contributed by atoms with van der Waals surface area (Å²) in [5.74, 6) is 0.680. The molecule has 0 saturated heterocycles. The molecule has 0 unspecified atom stereocenters. The van der Waals surface area contributed by atoms with Crippen molar-refractivity contribution in [2.75, 3.05) is 7.11 Å². The van der Waals surface area contributed by atoms with E-state index in [9.17, 15) is 5.11 Å². The summed E-state index contributed by atoms with van der Waals surface area (Å²) < 4.78 is 4.95. The van der Waals surface area contributed by atoms with Gasteiger partial charge in [0.2, 0.25) is 0 Å². The lowest BCUT2D eigenvalue weighted by molar-refractivity contribution is 0.373. The number of benzene rings is 2. The molecular weight excluding hydrogens is 236 g/mol. The molecule has 19 heavy (non-hydrogen) atoms. The van der Waals surface area contributed by atoms with Gasteiger partial charge >= 0.3 is 0 Å². The maximum atomic E-state index is 9.25. The first-order chi connectivity index (χ1) is 9.17. The molecule has 100 valence electrons. The minimum atomic E-state index is 0.172. The third-order valence-electron chi connectivity index (χ3n) is 2.56. The molecular formula is C17H20O2. The van der Waals surface area contributed by atoms with Crippen LogP contribution in [0, 0.1) is 6.92 Å². The fourth-order valence-electron chi connectivity index (χ4n) is 1.55. The lowest BCUT2D eigenvalue weighted by Gasteiger charge is -2.04. The van der Waals surface area contributed by atoms with E-state index < -0.39 is 0 Å². The second-order valence-electron chi connectivity index (χ2n) is 4.15. The first kappa shape index (κ1) is 14.8. The second-order valence-corrected chi connectivity index (χ2v) is 4.15. The Labute approximate surface area is 115 Å². The zero-order chi connectivity index (χ0) is 14.1. The average molecular weight is 256 g/mol. The number of methoxy groups -OCH3 is 1. The quantitative estimate of drug-likeness (QED) is 0.837. The zero-order valence-corrected chi connectivity index (χ0v) is 11.5. The van der Waals surface area contributed by atoms with Gasteiger partial charge in [-0.1, -0.05) is 48.0 Å². The van der Waals surface area contributed by atoms with Crippen LogP contribution in [0.15, 0.2) is 61.2 Å². The highest BCUT2D eigenvalue weighted by molar-refractivity contribution is 5.42. The summed E-state index contributed by atoms with van der Waals surface area (Å²) in [6, 6.07) is 15.5. The van der Waals surface area contributed by atoms with Crippen LogP contribution in [-0.2, 0) is 6.42 Å². The van der Waals surface area contributed by atoms with E-state index in [1.165, 1.54) is 12.7 Å². The van der Waals surface area contributed by atoms with E-state index in [0.29, 0.717) is 5.75 Å². The van der Waals surface area contributed by atoms with Crippen molar-refractivity contribution in [1.82, 2.24) is 0 Å². The van der Waals surface area contributed by atoms with Crippen molar-refractivity contribution in [1.29, 1.82) is 0 Å². The van der Waals surface area contributed by atoms with Crippen LogP contribution in [0.2, 0.25) is 0 Å². The molecule has 0 fully saturated rings. The summed E-state index contributed by atoms with van der Waals surface area (Å²) in [5.41, 5.74) is 2.40. The van der Waals surface area contributed by atoms with E-state index in [0.717, 1.165) is 12.0 Å². The largest absolute Gasteiger partial charge is 0.504 e. The predicted octanol–water partition coefficient (Wildman–Crippen LogP) is 4.12. The number of hydrogen-bond donors (Lipinski definition) is 1. The van der Waals surface area contributed by atoms with Gasteiger partial charge in [-0.05, 0) is 31.0 Å². The number of phenols is 1. The highest BCUT2D eigenvalue weighted by Crippen LogP contribution is 2.26. The molecule has 2 nitrogen and oxygen atoms in total. The molecule has 0 aliphatic rings. The Hall–Kier alpha value is -2.22. The fourth-order valence-corrected chi connectivity index (χ4v) is 1.55. The first-order valence-electron chi connectivity index (χ1n) is 6.15. The van der Waals surface area contributed by atoms with Gasteiger partial charge in [0.1, 0.15) is 0 Å². The lowest BCUT2D eigenvalue weighted by atomic mass is 10.1. The maximum absolute atomic E-state index is 9.25. The highest BCUT2D eigenvalue weighted by atomic mass is 16.5. The summed E-state index contributed by atoms with van der Waals surface area (Å²) in [6.45, 7) is 5.71. The molecule has 0 heterocycles. The van der Waals surface area contributed by atoms with Gasteiger partial charge in [0, 0.05) is 0 Å². The molecule has 0 aliphatic heterocycles. The number of hydrogen-bond acceptors (Lipinski definition) is 2. The van der Waals surface area contributed by atoms with E-state index in [1.807, 2.05) is 30.3 Å². The minimum absolute atomic E-state index is 0.172. The van der Waals surface area contributed by atoms with Crippen molar-refractivity contribution in [3.63, 3.8) is 0 Å². The Morgan fingerprint density at radius 1 is 1.16 bits per heavy atom. The van der Waals surface area contributed by atoms with E-state index in [1.54, 1.807) is 12.1 Å². The summed E-state index contributed by atoms with van der Waals surface area (Å²) >= 11 is 0. The van der Waals surface area contributed by atoms with Gasteiger partial charge in [0.05, 0.1) is 7.11 Å². The molecule has 0 aromatic heterocycles. The Morgan fingerprint density at radius 2 is 1.84 bits per heavy atom. The normalized spacial score (nSPS) is 9.16. The molecule has 0 saturated carbocycles. The van der Waals surface area contributed by atoms with E-state index in [2.05, 4.69) is 25.6 Å². The van der Waals surface area contributed by atoms with Crippen molar-refractivity contribution < 1.29 is 9.84 Å².